The Bertz CT molecular complexity index is 1010. The van der Waals surface area contributed by atoms with Crippen LogP contribution in [0.5, 0.6) is 0 Å². The summed E-state index contributed by atoms with van der Waals surface area (Å²) < 4.78 is 5.24. The zero-order valence-electron chi connectivity index (χ0n) is 20.6. The van der Waals surface area contributed by atoms with E-state index in [1.54, 1.807) is 58.0 Å². The Hall–Kier alpha value is -3.88. The van der Waals surface area contributed by atoms with Gasteiger partial charge in [0, 0.05) is 13.1 Å². The van der Waals surface area contributed by atoms with Crippen molar-refractivity contribution in [2.24, 2.45) is 5.73 Å². The average Bonchev–Trinajstić information content (AvgIpc) is 2.79. The number of likely N-dealkylation sites (N-methyl/N-ethyl adjacent to an activating group) is 1. The van der Waals surface area contributed by atoms with Crippen LogP contribution in [0.25, 0.3) is 0 Å². The van der Waals surface area contributed by atoms with Crippen molar-refractivity contribution in [3.63, 3.8) is 0 Å². The molecule has 9 nitrogen and oxygen atoms in total. The number of hydrogen-bond acceptors (Lipinski definition) is 5. The number of benzene rings is 2. The van der Waals surface area contributed by atoms with Gasteiger partial charge in [0.05, 0.1) is 6.42 Å². The second kappa shape index (κ2) is 12.5. The van der Waals surface area contributed by atoms with Gasteiger partial charge in [-0.2, -0.15) is 0 Å². The van der Waals surface area contributed by atoms with Crippen LogP contribution in [0.15, 0.2) is 60.7 Å². The number of amides is 4. The number of nitrogens with one attached hydrogen (secondary N) is 2. The van der Waals surface area contributed by atoms with Gasteiger partial charge >= 0.3 is 6.09 Å². The van der Waals surface area contributed by atoms with Crippen LogP contribution in [-0.2, 0) is 25.7 Å². The maximum Gasteiger partial charge on any atom is 0.408 e. The van der Waals surface area contributed by atoms with E-state index in [1.165, 1.54) is 4.90 Å². The topological polar surface area (TPSA) is 131 Å². The summed E-state index contributed by atoms with van der Waals surface area (Å²) in [5, 5.41) is 5.32. The van der Waals surface area contributed by atoms with Gasteiger partial charge in [-0.15, -0.1) is 0 Å². The molecule has 0 bridgehead atoms. The second-order valence-corrected chi connectivity index (χ2v) is 9.01. The molecule has 2 atom stereocenters. The molecule has 0 aromatic heterocycles. The van der Waals surface area contributed by atoms with E-state index in [1.807, 2.05) is 30.3 Å². The van der Waals surface area contributed by atoms with E-state index in [4.69, 9.17) is 10.5 Å². The SMILES string of the molecule is CCN(C(=O)C(CC(N)=O)NC(=O)OC(C)(C)C)C(C(=O)NCc1ccccc1)c1ccccc1. The van der Waals surface area contributed by atoms with Crippen molar-refractivity contribution in [2.45, 2.75) is 58.3 Å². The van der Waals surface area contributed by atoms with E-state index in [0.29, 0.717) is 5.56 Å². The van der Waals surface area contributed by atoms with E-state index >= 15 is 0 Å². The minimum Gasteiger partial charge on any atom is -0.444 e. The number of alkyl carbamates (subject to hydrolysis) is 1. The van der Waals surface area contributed by atoms with Gasteiger partial charge in [-0.25, -0.2) is 4.79 Å². The van der Waals surface area contributed by atoms with E-state index in [0.717, 1.165) is 5.56 Å². The number of rotatable bonds is 10. The molecule has 188 valence electrons. The lowest BCUT2D eigenvalue weighted by atomic mass is 10.0. The lowest BCUT2D eigenvalue weighted by molar-refractivity contribution is -0.143. The van der Waals surface area contributed by atoms with Crippen molar-refractivity contribution in [3.05, 3.63) is 71.8 Å². The number of hydrogen-bond donors (Lipinski definition) is 3. The Balaban J connectivity index is 2.33. The summed E-state index contributed by atoms with van der Waals surface area (Å²) in [6.07, 6.45) is -1.31. The predicted molar refractivity (Wildman–Crippen MR) is 132 cm³/mol. The van der Waals surface area contributed by atoms with Crippen LogP contribution >= 0.6 is 0 Å². The monoisotopic (exact) mass is 482 g/mol. The maximum absolute atomic E-state index is 13.6. The van der Waals surface area contributed by atoms with Crippen LogP contribution in [0.2, 0.25) is 0 Å². The molecule has 2 aromatic rings. The highest BCUT2D eigenvalue weighted by Crippen LogP contribution is 2.23. The Kier molecular flexibility index (Phi) is 9.81. The molecular weight excluding hydrogens is 448 g/mol. The molecular formula is C26H34N4O5. The van der Waals surface area contributed by atoms with Gasteiger partial charge in [-0.1, -0.05) is 60.7 Å². The number of ether oxygens (including phenoxy) is 1. The third kappa shape index (κ3) is 8.77. The van der Waals surface area contributed by atoms with Crippen molar-refractivity contribution in [1.82, 2.24) is 15.5 Å². The minimum absolute atomic E-state index is 0.141. The Morgan fingerprint density at radius 3 is 2.06 bits per heavy atom. The van der Waals surface area contributed by atoms with Crippen molar-refractivity contribution < 1.29 is 23.9 Å². The molecule has 0 aliphatic rings. The molecule has 0 spiro atoms. The first-order valence-corrected chi connectivity index (χ1v) is 11.5. The first-order valence-electron chi connectivity index (χ1n) is 11.5. The maximum atomic E-state index is 13.6. The minimum atomic E-state index is -1.30. The normalized spacial score (nSPS) is 12.7. The van der Waals surface area contributed by atoms with Crippen LogP contribution < -0.4 is 16.4 Å². The summed E-state index contributed by atoms with van der Waals surface area (Å²) in [6, 6.07) is 15.9. The summed E-state index contributed by atoms with van der Waals surface area (Å²) >= 11 is 0. The zero-order valence-corrected chi connectivity index (χ0v) is 20.6. The van der Waals surface area contributed by atoms with Gasteiger partial charge in [0.2, 0.25) is 17.7 Å². The predicted octanol–water partition coefficient (Wildman–Crippen LogP) is 2.66. The molecule has 2 unspecified atom stereocenters. The smallest absolute Gasteiger partial charge is 0.408 e. The third-order valence-electron chi connectivity index (χ3n) is 5.00. The van der Waals surface area contributed by atoms with E-state index in [9.17, 15) is 19.2 Å². The molecule has 0 fully saturated rings. The number of primary amides is 1. The molecule has 0 aliphatic heterocycles. The molecule has 2 aromatic carbocycles. The van der Waals surface area contributed by atoms with Crippen LogP contribution in [0.3, 0.4) is 0 Å². The zero-order chi connectivity index (χ0) is 26.0. The second-order valence-electron chi connectivity index (χ2n) is 9.01. The van der Waals surface area contributed by atoms with Crippen LogP contribution in [-0.4, -0.2) is 46.9 Å². The molecule has 9 heteroatoms. The highest BCUT2D eigenvalue weighted by atomic mass is 16.6. The third-order valence-corrected chi connectivity index (χ3v) is 5.00. The molecule has 0 saturated heterocycles. The van der Waals surface area contributed by atoms with Crippen LogP contribution in [0, 0.1) is 0 Å². The largest absolute Gasteiger partial charge is 0.444 e. The number of carbonyl (C=O) groups excluding carboxylic acids is 4. The quantitative estimate of drug-likeness (QED) is 0.479. The fraction of sp³-hybridized carbons (Fsp3) is 0.385. The fourth-order valence-corrected chi connectivity index (χ4v) is 3.51. The van der Waals surface area contributed by atoms with Crippen molar-refractivity contribution in [3.8, 4) is 0 Å². The van der Waals surface area contributed by atoms with Gasteiger partial charge in [-0.05, 0) is 38.8 Å². The van der Waals surface area contributed by atoms with Gasteiger partial charge in [0.1, 0.15) is 17.7 Å². The van der Waals surface area contributed by atoms with Crippen LogP contribution in [0.1, 0.15) is 51.3 Å². The lowest BCUT2D eigenvalue weighted by Crippen LogP contribution is -2.54. The van der Waals surface area contributed by atoms with Gasteiger partial charge in [-0.3, -0.25) is 14.4 Å². The molecule has 0 radical (unpaired) electrons. The highest BCUT2D eigenvalue weighted by molar-refractivity contribution is 5.94. The standard InChI is InChI=1S/C26H34N4O5/c1-5-30(24(33)20(16-21(27)31)29-25(34)35-26(2,3)4)22(19-14-10-7-11-15-19)23(32)28-17-18-12-8-6-9-13-18/h6-15,20,22H,5,16-17H2,1-4H3,(H2,27,31)(H,28,32)(H,29,34). The van der Waals surface area contributed by atoms with E-state index in [-0.39, 0.29) is 13.1 Å². The molecule has 35 heavy (non-hydrogen) atoms. The number of nitrogens with zero attached hydrogens (tertiary/aromatic N) is 1. The van der Waals surface area contributed by atoms with Crippen molar-refractivity contribution in [1.29, 1.82) is 0 Å². The van der Waals surface area contributed by atoms with E-state index < -0.39 is 47.9 Å². The Labute approximate surface area is 206 Å². The lowest BCUT2D eigenvalue weighted by Gasteiger charge is -2.33. The molecule has 2 rings (SSSR count). The van der Waals surface area contributed by atoms with Crippen LogP contribution in [0.4, 0.5) is 4.79 Å². The summed E-state index contributed by atoms with van der Waals surface area (Å²) in [5.41, 5.74) is 6.04. The van der Waals surface area contributed by atoms with E-state index in [2.05, 4.69) is 10.6 Å². The fourth-order valence-electron chi connectivity index (χ4n) is 3.51. The molecule has 0 saturated carbocycles. The Morgan fingerprint density at radius 2 is 1.54 bits per heavy atom. The average molecular weight is 483 g/mol. The number of nitrogens with two attached hydrogens (primary N) is 1. The Morgan fingerprint density at radius 1 is 0.971 bits per heavy atom. The first-order chi connectivity index (χ1) is 16.5. The van der Waals surface area contributed by atoms with Crippen molar-refractivity contribution >= 4 is 23.8 Å². The van der Waals surface area contributed by atoms with Gasteiger partial charge in [0.25, 0.3) is 0 Å². The summed E-state index contributed by atoms with van der Waals surface area (Å²) in [7, 11) is 0. The molecule has 0 aliphatic carbocycles. The molecule has 4 amide bonds. The molecule has 4 N–H and O–H groups in total. The first kappa shape index (κ1) is 27.4. The highest BCUT2D eigenvalue weighted by Gasteiger charge is 2.36. The number of carbonyl (C=O) groups is 4. The van der Waals surface area contributed by atoms with Crippen molar-refractivity contribution in [2.75, 3.05) is 6.54 Å². The van der Waals surface area contributed by atoms with Gasteiger partial charge < -0.3 is 26.0 Å². The molecule has 0 heterocycles. The summed E-state index contributed by atoms with van der Waals surface area (Å²) in [6.45, 7) is 7.17. The van der Waals surface area contributed by atoms with Gasteiger partial charge in [0.15, 0.2) is 0 Å². The summed E-state index contributed by atoms with van der Waals surface area (Å²) in [4.78, 5) is 52.3. The summed E-state index contributed by atoms with van der Waals surface area (Å²) in [5.74, 6) is -1.80.